The molecule has 0 radical (unpaired) electrons. The van der Waals surface area contributed by atoms with Gasteiger partial charge in [-0.15, -0.1) is 0 Å². The molecule has 0 aromatic heterocycles. The summed E-state index contributed by atoms with van der Waals surface area (Å²) in [7, 11) is 0. The summed E-state index contributed by atoms with van der Waals surface area (Å²) in [5, 5.41) is 6.00. The van der Waals surface area contributed by atoms with E-state index in [1.807, 2.05) is 30.3 Å². The minimum Gasteiger partial charge on any atom is -0.362 e. The van der Waals surface area contributed by atoms with Crippen LogP contribution in [0.4, 0.5) is 5.69 Å². The predicted octanol–water partition coefficient (Wildman–Crippen LogP) is 2.65. The molecule has 0 fully saturated rings. The van der Waals surface area contributed by atoms with Crippen molar-refractivity contribution in [1.82, 2.24) is 5.32 Å². The Labute approximate surface area is 146 Å². The van der Waals surface area contributed by atoms with E-state index >= 15 is 0 Å². The Morgan fingerprint density at radius 1 is 0.917 bits per heavy atom. The van der Waals surface area contributed by atoms with Crippen LogP contribution in [0, 0.1) is 0 Å². The van der Waals surface area contributed by atoms with E-state index in [1.54, 1.807) is 24.3 Å². The highest BCUT2D eigenvalue weighted by atomic mass is 35.5. The number of benzene rings is 2. The number of hydrogen-bond acceptors (Lipinski definition) is 3. The van der Waals surface area contributed by atoms with Crippen LogP contribution < -0.4 is 10.6 Å². The second-order valence-electron chi connectivity index (χ2n) is 5.13. The summed E-state index contributed by atoms with van der Waals surface area (Å²) in [6.45, 7) is 0.195. The Morgan fingerprint density at radius 3 is 2.29 bits per heavy atom. The lowest BCUT2D eigenvalue weighted by atomic mass is 10.1. The lowest BCUT2D eigenvalue weighted by Gasteiger charge is -2.07. The third kappa shape index (κ3) is 6.81. The van der Waals surface area contributed by atoms with E-state index in [2.05, 4.69) is 10.6 Å². The summed E-state index contributed by atoms with van der Waals surface area (Å²) in [4.78, 5) is 23.3. The van der Waals surface area contributed by atoms with Crippen LogP contribution in [0.25, 0.3) is 0 Å². The van der Waals surface area contributed by atoms with E-state index in [-0.39, 0.29) is 25.0 Å². The van der Waals surface area contributed by atoms with Gasteiger partial charge in [0.1, 0.15) is 13.2 Å². The van der Waals surface area contributed by atoms with Gasteiger partial charge in [0.15, 0.2) is 0 Å². The van der Waals surface area contributed by atoms with Crippen molar-refractivity contribution < 1.29 is 14.3 Å². The molecule has 0 saturated carbocycles. The standard InChI is InChI=1S/C18H19ClN2O3/c19-15-6-8-16(9-7-15)21-18(23)13-24-12-17(22)20-11-10-14-4-2-1-3-5-14/h1-9H,10-13H2,(H,20,22)(H,21,23). The van der Waals surface area contributed by atoms with Gasteiger partial charge in [-0.2, -0.15) is 0 Å². The maximum atomic E-state index is 11.7. The molecular formula is C18H19ClN2O3. The Hall–Kier alpha value is -2.37. The Bertz CT molecular complexity index is 660. The van der Waals surface area contributed by atoms with Gasteiger partial charge < -0.3 is 15.4 Å². The first-order chi connectivity index (χ1) is 11.6. The lowest BCUT2D eigenvalue weighted by molar-refractivity contribution is -0.128. The molecular weight excluding hydrogens is 328 g/mol. The molecule has 24 heavy (non-hydrogen) atoms. The molecule has 2 rings (SSSR count). The van der Waals surface area contributed by atoms with Crippen LogP contribution in [-0.4, -0.2) is 31.6 Å². The molecule has 5 nitrogen and oxygen atoms in total. The predicted molar refractivity (Wildman–Crippen MR) is 94.1 cm³/mol. The van der Waals surface area contributed by atoms with Gasteiger partial charge in [-0.25, -0.2) is 0 Å². The summed E-state index contributed by atoms with van der Waals surface area (Å²) in [6, 6.07) is 16.6. The highest BCUT2D eigenvalue weighted by molar-refractivity contribution is 6.30. The zero-order valence-corrected chi connectivity index (χ0v) is 13.9. The molecule has 6 heteroatoms. The fourth-order valence-electron chi connectivity index (χ4n) is 2.01. The van der Waals surface area contributed by atoms with Gasteiger partial charge in [0.25, 0.3) is 0 Å². The van der Waals surface area contributed by atoms with E-state index in [0.717, 1.165) is 12.0 Å². The van der Waals surface area contributed by atoms with Crippen LogP contribution in [0.3, 0.4) is 0 Å². The van der Waals surface area contributed by atoms with Gasteiger partial charge in [-0.1, -0.05) is 41.9 Å². The van der Waals surface area contributed by atoms with Crippen molar-refractivity contribution in [2.45, 2.75) is 6.42 Å². The van der Waals surface area contributed by atoms with Gasteiger partial charge >= 0.3 is 0 Å². The number of rotatable bonds is 8. The molecule has 0 aliphatic heterocycles. The van der Waals surface area contributed by atoms with E-state index in [4.69, 9.17) is 16.3 Å². The summed E-state index contributed by atoms with van der Waals surface area (Å²) in [5.74, 6) is -0.570. The summed E-state index contributed by atoms with van der Waals surface area (Å²) in [6.07, 6.45) is 0.754. The van der Waals surface area contributed by atoms with Crippen molar-refractivity contribution in [3.63, 3.8) is 0 Å². The lowest BCUT2D eigenvalue weighted by Crippen LogP contribution is -2.31. The van der Waals surface area contributed by atoms with Crippen LogP contribution >= 0.6 is 11.6 Å². The number of carbonyl (C=O) groups excluding carboxylic acids is 2. The average molecular weight is 347 g/mol. The first-order valence-corrected chi connectivity index (χ1v) is 7.95. The minimum atomic E-state index is -0.325. The number of amides is 2. The van der Waals surface area contributed by atoms with Crippen LogP contribution in [0.5, 0.6) is 0 Å². The molecule has 0 atom stereocenters. The molecule has 2 amide bonds. The molecule has 2 N–H and O–H groups in total. The molecule has 0 unspecified atom stereocenters. The molecule has 0 saturated heterocycles. The zero-order chi connectivity index (χ0) is 17.2. The van der Waals surface area contributed by atoms with Crippen LogP contribution in [0.1, 0.15) is 5.56 Å². The molecule has 0 aliphatic rings. The molecule has 2 aromatic carbocycles. The van der Waals surface area contributed by atoms with E-state index < -0.39 is 0 Å². The van der Waals surface area contributed by atoms with E-state index in [9.17, 15) is 9.59 Å². The van der Waals surface area contributed by atoms with Crippen molar-refractivity contribution >= 4 is 29.1 Å². The maximum absolute atomic E-state index is 11.7. The van der Waals surface area contributed by atoms with E-state index in [0.29, 0.717) is 17.3 Å². The number of nitrogens with one attached hydrogen (secondary N) is 2. The monoisotopic (exact) mass is 346 g/mol. The SMILES string of the molecule is O=C(COCC(=O)Nc1ccc(Cl)cc1)NCCc1ccccc1. The third-order valence-corrected chi connectivity index (χ3v) is 3.42. The summed E-state index contributed by atoms with van der Waals surface area (Å²) >= 11 is 5.77. The van der Waals surface area contributed by atoms with E-state index in [1.165, 1.54) is 0 Å². The van der Waals surface area contributed by atoms with Crippen molar-refractivity contribution in [3.8, 4) is 0 Å². The first-order valence-electron chi connectivity index (χ1n) is 7.57. The van der Waals surface area contributed by atoms with Crippen LogP contribution in [-0.2, 0) is 20.7 Å². The Morgan fingerprint density at radius 2 is 1.58 bits per heavy atom. The number of hydrogen-bond donors (Lipinski definition) is 2. The number of ether oxygens (including phenoxy) is 1. The normalized spacial score (nSPS) is 10.2. The van der Waals surface area contributed by atoms with Crippen molar-refractivity contribution in [3.05, 3.63) is 65.2 Å². The van der Waals surface area contributed by atoms with Gasteiger partial charge in [0.05, 0.1) is 0 Å². The quantitative estimate of drug-likeness (QED) is 0.772. The topological polar surface area (TPSA) is 67.4 Å². The zero-order valence-electron chi connectivity index (χ0n) is 13.1. The van der Waals surface area contributed by atoms with Crippen molar-refractivity contribution in [2.75, 3.05) is 25.1 Å². The smallest absolute Gasteiger partial charge is 0.250 e. The Kier molecular flexibility index (Phi) is 7.26. The molecule has 0 bridgehead atoms. The molecule has 0 heterocycles. The van der Waals surface area contributed by atoms with Crippen LogP contribution in [0.15, 0.2) is 54.6 Å². The maximum Gasteiger partial charge on any atom is 0.250 e. The van der Waals surface area contributed by atoms with Gasteiger partial charge in [-0.3, -0.25) is 9.59 Å². The Balaban J connectivity index is 1.58. The second-order valence-corrected chi connectivity index (χ2v) is 5.57. The van der Waals surface area contributed by atoms with Crippen LogP contribution in [0.2, 0.25) is 5.02 Å². The molecule has 2 aromatic rings. The highest BCUT2D eigenvalue weighted by Gasteiger charge is 2.05. The fourth-order valence-corrected chi connectivity index (χ4v) is 2.13. The summed E-state index contributed by atoms with van der Waals surface area (Å²) in [5.41, 5.74) is 1.78. The van der Waals surface area contributed by atoms with Crippen molar-refractivity contribution in [1.29, 1.82) is 0 Å². The fraction of sp³-hybridized carbons (Fsp3) is 0.222. The highest BCUT2D eigenvalue weighted by Crippen LogP contribution is 2.13. The number of anilines is 1. The van der Waals surface area contributed by atoms with Gasteiger partial charge in [0, 0.05) is 17.3 Å². The molecule has 0 spiro atoms. The first kappa shape index (κ1) is 18.0. The summed E-state index contributed by atoms with van der Waals surface area (Å²) < 4.78 is 5.11. The average Bonchev–Trinajstić information content (AvgIpc) is 2.58. The van der Waals surface area contributed by atoms with Gasteiger partial charge in [0.2, 0.25) is 11.8 Å². The van der Waals surface area contributed by atoms with Gasteiger partial charge in [-0.05, 0) is 36.2 Å². The molecule has 0 aliphatic carbocycles. The minimum absolute atomic E-state index is 0.150. The largest absolute Gasteiger partial charge is 0.362 e. The second kappa shape index (κ2) is 9.70. The number of halogens is 1. The molecule has 126 valence electrons. The van der Waals surface area contributed by atoms with Crippen molar-refractivity contribution in [2.24, 2.45) is 0 Å². The number of carbonyl (C=O) groups is 2. The third-order valence-electron chi connectivity index (χ3n) is 3.17.